The normalized spacial score (nSPS) is 22.3. The zero-order chi connectivity index (χ0) is 9.42. The van der Waals surface area contributed by atoms with Crippen LogP contribution in [0.25, 0.3) is 0 Å². The van der Waals surface area contributed by atoms with Crippen molar-refractivity contribution in [3.63, 3.8) is 0 Å². The van der Waals surface area contributed by atoms with Gasteiger partial charge in [0.25, 0.3) is 0 Å². The lowest BCUT2D eigenvalue weighted by atomic mass is 10.1. The molecule has 0 aromatic heterocycles. The minimum absolute atomic E-state index is 0.391. The molecule has 0 radical (unpaired) electrons. The van der Waals surface area contributed by atoms with Crippen molar-refractivity contribution in [1.82, 2.24) is 4.90 Å². The average molecular weight is 177 g/mol. The summed E-state index contributed by atoms with van der Waals surface area (Å²) in [5, 5.41) is 9.94. The SMILES string of the molecule is CC(C)N1Cc2ccccc2C1O. The van der Waals surface area contributed by atoms with Gasteiger partial charge in [0.15, 0.2) is 0 Å². The first kappa shape index (κ1) is 8.73. The molecule has 0 fully saturated rings. The maximum absolute atomic E-state index is 9.94. The molecule has 1 N–H and O–H groups in total. The van der Waals surface area contributed by atoms with Crippen molar-refractivity contribution in [2.45, 2.75) is 32.7 Å². The van der Waals surface area contributed by atoms with Crippen molar-refractivity contribution in [3.05, 3.63) is 35.4 Å². The Hall–Kier alpha value is -0.860. The summed E-state index contributed by atoms with van der Waals surface area (Å²) in [5.74, 6) is 0. The number of hydrogen-bond donors (Lipinski definition) is 1. The number of rotatable bonds is 1. The Morgan fingerprint density at radius 2 is 2.08 bits per heavy atom. The minimum Gasteiger partial charge on any atom is -0.374 e. The molecule has 2 heteroatoms. The third-order valence-corrected chi connectivity index (χ3v) is 2.66. The van der Waals surface area contributed by atoms with E-state index >= 15 is 0 Å². The summed E-state index contributed by atoms with van der Waals surface area (Å²) in [6, 6.07) is 8.48. The number of nitrogens with zero attached hydrogens (tertiary/aromatic N) is 1. The fraction of sp³-hybridized carbons (Fsp3) is 0.455. The molecule has 0 spiro atoms. The zero-order valence-corrected chi connectivity index (χ0v) is 8.07. The largest absolute Gasteiger partial charge is 0.374 e. The van der Waals surface area contributed by atoms with E-state index in [-0.39, 0.29) is 0 Å². The molecule has 0 bridgehead atoms. The van der Waals surface area contributed by atoms with E-state index < -0.39 is 6.23 Å². The molecule has 70 valence electrons. The highest BCUT2D eigenvalue weighted by Gasteiger charge is 2.29. The molecule has 13 heavy (non-hydrogen) atoms. The molecule has 1 unspecified atom stereocenters. The highest BCUT2D eigenvalue weighted by Crippen LogP contribution is 2.32. The van der Waals surface area contributed by atoms with Crippen LogP contribution in [0.15, 0.2) is 24.3 Å². The molecule has 1 atom stereocenters. The first-order chi connectivity index (χ1) is 6.20. The molecule has 2 rings (SSSR count). The molecule has 1 aromatic rings. The van der Waals surface area contributed by atoms with Gasteiger partial charge in [0.2, 0.25) is 0 Å². The van der Waals surface area contributed by atoms with Gasteiger partial charge in [-0.15, -0.1) is 0 Å². The third-order valence-electron chi connectivity index (χ3n) is 2.66. The topological polar surface area (TPSA) is 23.5 Å². The van der Waals surface area contributed by atoms with Crippen molar-refractivity contribution < 1.29 is 5.11 Å². The van der Waals surface area contributed by atoms with E-state index in [4.69, 9.17) is 0 Å². The van der Waals surface area contributed by atoms with Crippen LogP contribution < -0.4 is 0 Å². The molecule has 2 nitrogen and oxygen atoms in total. The van der Waals surface area contributed by atoms with Crippen molar-refractivity contribution in [2.75, 3.05) is 0 Å². The summed E-state index contributed by atoms with van der Waals surface area (Å²) in [6.45, 7) is 5.08. The van der Waals surface area contributed by atoms with E-state index in [0.717, 1.165) is 12.1 Å². The summed E-state index contributed by atoms with van der Waals surface area (Å²) in [7, 11) is 0. The van der Waals surface area contributed by atoms with Crippen LogP contribution in [0, 0.1) is 0 Å². The van der Waals surface area contributed by atoms with Gasteiger partial charge >= 0.3 is 0 Å². The maximum Gasteiger partial charge on any atom is 0.134 e. The fourth-order valence-electron chi connectivity index (χ4n) is 1.86. The molecule has 1 aliphatic rings. The number of hydrogen-bond acceptors (Lipinski definition) is 2. The number of benzene rings is 1. The van der Waals surface area contributed by atoms with Gasteiger partial charge in [0.05, 0.1) is 0 Å². The van der Waals surface area contributed by atoms with Crippen molar-refractivity contribution in [3.8, 4) is 0 Å². The Kier molecular flexibility index (Phi) is 2.10. The predicted octanol–water partition coefficient (Wildman–Crippen LogP) is 1.90. The van der Waals surface area contributed by atoms with Crippen molar-refractivity contribution >= 4 is 0 Å². The molecular weight excluding hydrogens is 162 g/mol. The lowest BCUT2D eigenvalue weighted by molar-refractivity contribution is -0.00725. The highest BCUT2D eigenvalue weighted by atomic mass is 16.3. The van der Waals surface area contributed by atoms with Gasteiger partial charge in [-0.25, -0.2) is 0 Å². The fourth-order valence-corrected chi connectivity index (χ4v) is 1.86. The Bertz CT molecular complexity index is 309. The Morgan fingerprint density at radius 1 is 1.38 bits per heavy atom. The summed E-state index contributed by atoms with van der Waals surface area (Å²) in [6.07, 6.45) is -0.406. The first-order valence-electron chi connectivity index (χ1n) is 4.72. The molecule has 0 amide bonds. The molecule has 0 saturated carbocycles. The van der Waals surface area contributed by atoms with Crippen LogP contribution >= 0.6 is 0 Å². The summed E-state index contributed by atoms with van der Waals surface area (Å²) < 4.78 is 0. The maximum atomic E-state index is 9.94. The molecule has 0 aliphatic carbocycles. The lowest BCUT2D eigenvalue weighted by Gasteiger charge is -2.24. The lowest BCUT2D eigenvalue weighted by Crippen LogP contribution is -2.28. The minimum atomic E-state index is -0.406. The Morgan fingerprint density at radius 3 is 2.69 bits per heavy atom. The van der Waals surface area contributed by atoms with Crippen LogP contribution in [0.2, 0.25) is 0 Å². The Labute approximate surface area is 78.8 Å². The first-order valence-corrected chi connectivity index (χ1v) is 4.72. The average Bonchev–Trinajstić information content (AvgIpc) is 2.45. The quantitative estimate of drug-likeness (QED) is 0.708. The monoisotopic (exact) mass is 177 g/mol. The van der Waals surface area contributed by atoms with E-state index in [2.05, 4.69) is 24.8 Å². The van der Waals surface area contributed by atoms with Crippen LogP contribution in [0.5, 0.6) is 0 Å². The van der Waals surface area contributed by atoms with Crippen LogP contribution in [-0.4, -0.2) is 16.0 Å². The summed E-state index contributed by atoms with van der Waals surface area (Å²) >= 11 is 0. The smallest absolute Gasteiger partial charge is 0.134 e. The van der Waals surface area contributed by atoms with E-state index in [0.29, 0.717) is 6.04 Å². The highest BCUT2D eigenvalue weighted by molar-refractivity contribution is 5.32. The summed E-state index contributed by atoms with van der Waals surface area (Å²) in [5.41, 5.74) is 2.32. The predicted molar refractivity (Wildman–Crippen MR) is 52.1 cm³/mol. The van der Waals surface area contributed by atoms with Gasteiger partial charge < -0.3 is 5.11 Å². The number of aliphatic hydroxyl groups excluding tert-OH is 1. The van der Waals surface area contributed by atoms with Crippen LogP contribution in [-0.2, 0) is 6.54 Å². The van der Waals surface area contributed by atoms with Crippen LogP contribution in [0.3, 0.4) is 0 Å². The second-order valence-electron chi connectivity index (χ2n) is 3.84. The van der Waals surface area contributed by atoms with Crippen molar-refractivity contribution in [2.24, 2.45) is 0 Å². The van der Waals surface area contributed by atoms with Crippen LogP contribution in [0.1, 0.15) is 31.2 Å². The van der Waals surface area contributed by atoms with Gasteiger partial charge in [0.1, 0.15) is 6.23 Å². The van der Waals surface area contributed by atoms with Crippen LogP contribution in [0.4, 0.5) is 0 Å². The standard InChI is InChI=1S/C11H15NO/c1-8(2)12-7-9-5-3-4-6-10(9)11(12)13/h3-6,8,11,13H,7H2,1-2H3. The third kappa shape index (κ3) is 1.36. The molecule has 1 aromatic carbocycles. The van der Waals surface area contributed by atoms with E-state index in [9.17, 15) is 5.11 Å². The second-order valence-corrected chi connectivity index (χ2v) is 3.84. The van der Waals surface area contributed by atoms with Gasteiger partial charge in [-0.05, 0) is 25.0 Å². The van der Waals surface area contributed by atoms with E-state index in [1.807, 2.05) is 18.2 Å². The molecule has 1 heterocycles. The van der Waals surface area contributed by atoms with Gasteiger partial charge in [-0.2, -0.15) is 0 Å². The van der Waals surface area contributed by atoms with E-state index in [1.165, 1.54) is 5.56 Å². The second kappa shape index (κ2) is 3.13. The van der Waals surface area contributed by atoms with Gasteiger partial charge in [-0.3, -0.25) is 4.90 Å². The zero-order valence-electron chi connectivity index (χ0n) is 8.07. The van der Waals surface area contributed by atoms with Crippen molar-refractivity contribution in [1.29, 1.82) is 0 Å². The molecule has 1 aliphatic heterocycles. The van der Waals surface area contributed by atoms with E-state index in [1.54, 1.807) is 0 Å². The number of aliphatic hydroxyl groups is 1. The number of fused-ring (bicyclic) bond motifs is 1. The van der Waals surface area contributed by atoms with Gasteiger partial charge in [0, 0.05) is 12.6 Å². The molecular formula is C11H15NO. The summed E-state index contributed by atoms with van der Waals surface area (Å²) in [4.78, 5) is 2.09. The Balaban J connectivity index is 2.32. The van der Waals surface area contributed by atoms with Gasteiger partial charge in [-0.1, -0.05) is 24.3 Å². The molecule has 0 saturated heterocycles.